The van der Waals surface area contributed by atoms with Crippen molar-refractivity contribution in [1.82, 2.24) is 19.9 Å². The van der Waals surface area contributed by atoms with Gasteiger partial charge in [0.15, 0.2) is 0 Å². The van der Waals surface area contributed by atoms with Gasteiger partial charge in [-0.05, 0) is 37.3 Å². The number of hydrogen-bond acceptors (Lipinski definition) is 6. The van der Waals surface area contributed by atoms with E-state index in [0.717, 1.165) is 12.4 Å². The number of likely N-dealkylation sites (tertiary alicyclic amines) is 1. The summed E-state index contributed by atoms with van der Waals surface area (Å²) in [5, 5.41) is 6.81. The van der Waals surface area contributed by atoms with Crippen molar-refractivity contribution in [3.8, 4) is 0 Å². The maximum absolute atomic E-state index is 4.39. The molecule has 6 heteroatoms. The highest BCUT2D eigenvalue weighted by atomic mass is 32.1. The van der Waals surface area contributed by atoms with Crippen LogP contribution in [-0.2, 0) is 6.54 Å². The van der Waals surface area contributed by atoms with Gasteiger partial charge in [-0.25, -0.2) is 15.0 Å². The molecule has 1 saturated heterocycles. The second kappa shape index (κ2) is 5.35. The van der Waals surface area contributed by atoms with Crippen molar-refractivity contribution in [2.45, 2.75) is 31.8 Å². The third-order valence-corrected chi connectivity index (χ3v) is 5.42. The SMILES string of the molecule is c1cc(NC2CC3(CCN(Cc4nccs4)C3)C2)ncn1. The molecule has 3 heterocycles. The Morgan fingerprint density at radius 3 is 3.05 bits per heavy atom. The van der Waals surface area contributed by atoms with Crippen LogP contribution in [0.5, 0.6) is 0 Å². The molecule has 2 fully saturated rings. The van der Waals surface area contributed by atoms with Gasteiger partial charge in [-0.1, -0.05) is 0 Å². The van der Waals surface area contributed by atoms with Gasteiger partial charge in [0.2, 0.25) is 0 Å². The van der Waals surface area contributed by atoms with Crippen LogP contribution in [0.2, 0.25) is 0 Å². The Bertz CT molecular complexity index is 579. The average molecular weight is 301 g/mol. The van der Waals surface area contributed by atoms with Crippen molar-refractivity contribution in [2.75, 3.05) is 18.4 Å². The molecule has 110 valence electrons. The minimum absolute atomic E-state index is 0.530. The van der Waals surface area contributed by atoms with Gasteiger partial charge in [-0.15, -0.1) is 11.3 Å². The molecular formula is C15H19N5S. The van der Waals surface area contributed by atoms with Crippen molar-refractivity contribution in [3.05, 3.63) is 35.2 Å². The summed E-state index contributed by atoms with van der Waals surface area (Å²) in [6.07, 6.45) is 9.12. The molecular weight excluding hydrogens is 282 g/mol. The second-order valence-corrected chi connectivity index (χ2v) is 7.21. The molecule has 0 radical (unpaired) electrons. The Labute approximate surface area is 128 Å². The third-order valence-electron chi connectivity index (χ3n) is 4.65. The van der Waals surface area contributed by atoms with E-state index in [9.17, 15) is 0 Å². The van der Waals surface area contributed by atoms with E-state index in [1.807, 2.05) is 12.3 Å². The highest BCUT2D eigenvalue weighted by molar-refractivity contribution is 7.09. The van der Waals surface area contributed by atoms with Crippen molar-refractivity contribution in [1.29, 1.82) is 0 Å². The van der Waals surface area contributed by atoms with E-state index < -0.39 is 0 Å². The molecule has 21 heavy (non-hydrogen) atoms. The van der Waals surface area contributed by atoms with Gasteiger partial charge in [0.25, 0.3) is 0 Å². The fourth-order valence-corrected chi connectivity index (χ4v) is 4.35. The first-order chi connectivity index (χ1) is 10.3. The summed E-state index contributed by atoms with van der Waals surface area (Å²) in [6, 6.07) is 2.51. The Hall–Kier alpha value is -1.53. The number of nitrogens with zero attached hydrogens (tertiary/aromatic N) is 4. The topological polar surface area (TPSA) is 53.9 Å². The van der Waals surface area contributed by atoms with Crippen LogP contribution in [0.25, 0.3) is 0 Å². The standard InChI is InChI=1S/C15H19N5S/c1-3-16-11-18-13(1)19-12-7-15(8-12)2-5-20(10-15)9-14-17-4-6-21-14/h1,3-4,6,11-12H,2,5,7-10H2,(H,16,18,19). The van der Waals surface area contributed by atoms with E-state index in [1.54, 1.807) is 23.9 Å². The molecule has 0 unspecified atom stereocenters. The van der Waals surface area contributed by atoms with Gasteiger partial charge in [-0.2, -0.15) is 0 Å². The van der Waals surface area contributed by atoms with Gasteiger partial charge >= 0.3 is 0 Å². The first-order valence-electron chi connectivity index (χ1n) is 7.45. The van der Waals surface area contributed by atoms with E-state index in [1.165, 1.54) is 37.4 Å². The number of aromatic nitrogens is 3. The van der Waals surface area contributed by atoms with Crippen molar-refractivity contribution in [3.63, 3.8) is 0 Å². The first-order valence-corrected chi connectivity index (χ1v) is 8.33. The Morgan fingerprint density at radius 2 is 2.29 bits per heavy atom. The minimum atomic E-state index is 0.530. The van der Waals surface area contributed by atoms with E-state index in [-0.39, 0.29) is 0 Å². The first kappa shape index (κ1) is 13.2. The van der Waals surface area contributed by atoms with Gasteiger partial charge < -0.3 is 5.32 Å². The summed E-state index contributed by atoms with van der Waals surface area (Å²) < 4.78 is 0. The lowest BCUT2D eigenvalue weighted by Crippen LogP contribution is -2.46. The number of hydrogen-bond donors (Lipinski definition) is 1. The van der Waals surface area contributed by atoms with Crippen LogP contribution in [0.1, 0.15) is 24.3 Å². The summed E-state index contributed by atoms with van der Waals surface area (Å²) in [4.78, 5) is 15.1. The van der Waals surface area contributed by atoms with E-state index in [4.69, 9.17) is 0 Å². The van der Waals surface area contributed by atoms with Crippen LogP contribution in [0.15, 0.2) is 30.2 Å². The van der Waals surface area contributed by atoms with Crippen LogP contribution in [-0.4, -0.2) is 39.0 Å². The van der Waals surface area contributed by atoms with Crippen LogP contribution in [0.4, 0.5) is 5.82 Å². The van der Waals surface area contributed by atoms with Gasteiger partial charge in [0.1, 0.15) is 17.2 Å². The van der Waals surface area contributed by atoms with Crippen LogP contribution >= 0.6 is 11.3 Å². The fourth-order valence-electron chi connectivity index (χ4n) is 3.69. The Kier molecular flexibility index (Phi) is 3.35. The Balaban J connectivity index is 1.29. The van der Waals surface area contributed by atoms with Crippen molar-refractivity contribution < 1.29 is 0 Å². The van der Waals surface area contributed by atoms with E-state index in [0.29, 0.717) is 11.5 Å². The van der Waals surface area contributed by atoms with Gasteiger partial charge in [-0.3, -0.25) is 4.90 Å². The largest absolute Gasteiger partial charge is 0.367 e. The molecule has 0 amide bonds. The smallest absolute Gasteiger partial charge is 0.129 e. The highest BCUT2D eigenvalue weighted by Gasteiger charge is 2.48. The zero-order chi connectivity index (χ0) is 14.1. The molecule has 1 aliphatic heterocycles. The molecule has 0 bridgehead atoms. The zero-order valence-electron chi connectivity index (χ0n) is 11.9. The third kappa shape index (κ3) is 2.78. The molecule has 2 aromatic heterocycles. The number of nitrogens with one attached hydrogen (secondary N) is 1. The predicted octanol–water partition coefficient (Wildman–Crippen LogP) is 2.40. The summed E-state index contributed by atoms with van der Waals surface area (Å²) >= 11 is 1.76. The molecule has 5 nitrogen and oxygen atoms in total. The summed E-state index contributed by atoms with van der Waals surface area (Å²) in [7, 11) is 0. The molecule has 1 saturated carbocycles. The fraction of sp³-hybridized carbons (Fsp3) is 0.533. The van der Waals surface area contributed by atoms with Crippen molar-refractivity contribution in [2.24, 2.45) is 5.41 Å². The van der Waals surface area contributed by atoms with Gasteiger partial charge in [0.05, 0.1) is 6.54 Å². The molecule has 0 atom stereocenters. The Morgan fingerprint density at radius 1 is 1.33 bits per heavy atom. The van der Waals surface area contributed by atoms with Crippen LogP contribution in [0.3, 0.4) is 0 Å². The molecule has 2 aromatic rings. The van der Waals surface area contributed by atoms with E-state index >= 15 is 0 Å². The maximum Gasteiger partial charge on any atom is 0.129 e. The van der Waals surface area contributed by atoms with Crippen LogP contribution in [0, 0.1) is 5.41 Å². The van der Waals surface area contributed by atoms with Crippen molar-refractivity contribution >= 4 is 17.2 Å². The number of rotatable bonds is 4. The molecule has 0 aromatic carbocycles. The predicted molar refractivity (Wildman–Crippen MR) is 83.1 cm³/mol. The quantitative estimate of drug-likeness (QED) is 0.940. The van der Waals surface area contributed by atoms with Gasteiger partial charge in [0, 0.05) is 30.4 Å². The molecule has 1 N–H and O–H groups in total. The highest BCUT2D eigenvalue weighted by Crippen LogP contribution is 2.49. The molecule has 1 aliphatic carbocycles. The average Bonchev–Trinajstić information content (AvgIpc) is 3.10. The number of thiazole rings is 1. The zero-order valence-corrected chi connectivity index (χ0v) is 12.7. The normalized spacial score (nSPS) is 28.7. The number of anilines is 1. The lowest BCUT2D eigenvalue weighted by atomic mass is 9.65. The van der Waals surface area contributed by atoms with E-state index in [2.05, 4.69) is 30.5 Å². The summed E-state index contributed by atoms with van der Waals surface area (Å²) in [5.74, 6) is 0.947. The monoisotopic (exact) mass is 301 g/mol. The lowest BCUT2D eigenvalue weighted by Gasteiger charge is -2.45. The minimum Gasteiger partial charge on any atom is -0.367 e. The van der Waals surface area contributed by atoms with Crippen LogP contribution < -0.4 is 5.32 Å². The summed E-state index contributed by atoms with van der Waals surface area (Å²) in [6.45, 7) is 3.44. The lowest BCUT2D eigenvalue weighted by molar-refractivity contribution is 0.120. The molecule has 4 rings (SSSR count). The maximum atomic E-state index is 4.39. The second-order valence-electron chi connectivity index (χ2n) is 6.23. The molecule has 2 aliphatic rings. The summed E-state index contributed by atoms with van der Waals surface area (Å²) in [5.41, 5.74) is 0.530. The molecule has 1 spiro atoms.